The number of carbonyl (C=O) groups is 1. The Bertz CT molecular complexity index is 984. The first kappa shape index (κ1) is 19.6. The Morgan fingerprint density at radius 1 is 1.29 bits per heavy atom. The third-order valence-electron chi connectivity index (χ3n) is 3.94. The zero-order valence-corrected chi connectivity index (χ0v) is 15.8. The van der Waals surface area contributed by atoms with Crippen molar-refractivity contribution in [2.24, 2.45) is 4.99 Å². The number of rotatable bonds is 7. The van der Waals surface area contributed by atoms with E-state index in [4.69, 9.17) is 21.1 Å². The van der Waals surface area contributed by atoms with Crippen molar-refractivity contribution in [1.82, 2.24) is 0 Å². The Hall–Kier alpha value is -3.19. The van der Waals surface area contributed by atoms with Crippen molar-refractivity contribution in [3.63, 3.8) is 0 Å². The molecule has 0 saturated carbocycles. The Morgan fingerprint density at radius 3 is 2.82 bits per heavy atom. The number of non-ortho nitro benzene ring substituents is 1. The van der Waals surface area contributed by atoms with Crippen molar-refractivity contribution in [3.05, 3.63) is 74.4 Å². The Morgan fingerprint density at radius 2 is 2.11 bits per heavy atom. The molecule has 0 fully saturated rings. The average Bonchev–Trinajstić information content (AvgIpc) is 3.02. The second kappa shape index (κ2) is 8.67. The molecule has 8 heteroatoms. The van der Waals surface area contributed by atoms with Gasteiger partial charge in [-0.2, -0.15) is 0 Å². The van der Waals surface area contributed by atoms with Gasteiger partial charge in [0.25, 0.3) is 5.69 Å². The van der Waals surface area contributed by atoms with E-state index in [1.54, 1.807) is 6.08 Å². The number of nitrogens with zero attached hydrogens (tertiary/aromatic N) is 2. The van der Waals surface area contributed by atoms with Gasteiger partial charge in [-0.3, -0.25) is 10.1 Å². The van der Waals surface area contributed by atoms with Gasteiger partial charge in [0.2, 0.25) is 5.90 Å². The van der Waals surface area contributed by atoms with Gasteiger partial charge >= 0.3 is 5.97 Å². The number of cyclic esters (lactones) is 1. The van der Waals surface area contributed by atoms with Crippen LogP contribution in [-0.4, -0.2) is 23.4 Å². The summed E-state index contributed by atoms with van der Waals surface area (Å²) in [7, 11) is 0. The molecule has 0 atom stereocenters. The molecule has 0 unspecified atom stereocenters. The third-order valence-corrected chi connectivity index (χ3v) is 4.26. The molecule has 7 nitrogen and oxygen atoms in total. The predicted octanol–water partition coefficient (Wildman–Crippen LogP) is 4.77. The highest BCUT2D eigenvalue weighted by Crippen LogP contribution is 2.27. The van der Waals surface area contributed by atoms with E-state index in [0.29, 0.717) is 17.9 Å². The van der Waals surface area contributed by atoms with Crippen LogP contribution in [0.4, 0.5) is 5.69 Å². The molecule has 0 radical (unpaired) electrons. The Labute approximate surface area is 166 Å². The van der Waals surface area contributed by atoms with E-state index in [1.807, 2.05) is 24.3 Å². The fourth-order valence-electron chi connectivity index (χ4n) is 2.50. The minimum Gasteiger partial charge on any atom is -0.494 e. The fourth-order valence-corrected chi connectivity index (χ4v) is 2.76. The number of aliphatic imine (C=N–C) groups is 1. The fraction of sp³-hybridized carbons (Fsp3) is 0.200. The third kappa shape index (κ3) is 4.55. The van der Waals surface area contributed by atoms with Crippen molar-refractivity contribution in [1.29, 1.82) is 0 Å². The van der Waals surface area contributed by atoms with Crippen LogP contribution < -0.4 is 4.74 Å². The molecule has 0 N–H and O–H groups in total. The zero-order valence-electron chi connectivity index (χ0n) is 15.1. The number of carbonyl (C=O) groups excluding carboxylic acids is 1. The lowest BCUT2D eigenvalue weighted by Crippen LogP contribution is -2.06. The van der Waals surface area contributed by atoms with Crippen LogP contribution in [0.3, 0.4) is 0 Å². The van der Waals surface area contributed by atoms with E-state index in [9.17, 15) is 14.9 Å². The van der Waals surface area contributed by atoms with Crippen LogP contribution in [0.5, 0.6) is 5.75 Å². The number of hydrogen-bond acceptors (Lipinski definition) is 6. The minimum absolute atomic E-state index is 0.00602. The van der Waals surface area contributed by atoms with Crippen molar-refractivity contribution >= 4 is 35.2 Å². The van der Waals surface area contributed by atoms with Gasteiger partial charge in [0.15, 0.2) is 5.70 Å². The van der Waals surface area contributed by atoms with Crippen LogP contribution >= 0.6 is 11.6 Å². The van der Waals surface area contributed by atoms with Gasteiger partial charge in [0.1, 0.15) is 5.75 Å². The van der Waals surface area contributed by atoms with E-state index < -0.39 is 10.9 Å². The minimum atomic E-state index is -0.623. The number of hydrogen-bond donors (Lipinski definition) is 0. The topological polar surface area (TPSA) is 91.0 Å². The van der Waals surface area contributed by atoms with Gasteiger partial charge in [0.05, 0.1) is 22.1 Å². The van der Waals surface area contributed by atoms with Gasteiger partial charge in [-0.1, -0.05) is 37.1 Å². The highest BCUT2D eigenvalue weighted by atomic mass is 35.5. The first-order valence-electron chi connectivity index (χ1n) is 8.67. The zero-order chi connectivity index (χ0) is 20.1. The number of ether oxygens (including phenoxy) is 2. The molecule has 0 aliphatic carbocycles. The van der Waals surface area contributed by atoms with E-state index in [0.717, 1.165) is 18.4 Å². The first-order chi connectivity index (χ1) is 13.5. The molecular weight excluding hydrogens is 384 g/mol. The summed E-state index contributed by atoms with van der Waals surface area (Å²) < 4.78 is 10.8. The highest BCUT2D eigenvalue weighted by Gasteiger charge is 2.26. The molecule has 2 aromatic rings. The summed E-state index contributed by atoms with van der Waals surface area (Å²) in [5, 5.41) is 10.9. The van der Waals surface area contributed by atoms with Crippen LogP contribution in [0.1, 0.15) is 30.9 Å². The van der Waals surface area contributed by atoms with Crippen LogP contribution in [0.2, 0.25) is 5.02 Å². The summed E-state index contributed by atoms with van der Waals surface area (Å²) in [5.41, 5.74) is 0.992. The summed E-state index contributed by atoms with van der Waals surface area (Å²) in [6, 6.07) is 11.2. The molecule has 1 aliphatic heterocycles. The molecule has 3 rings (SSSR count). The molecule has 28 heavy (non-hydrogen) atoms. The summed E-state index contributed by atoms with van der Waals surface area (Å²) in [6.07, 6.45) is 3.58. The van der Waals surface area contributed by atoms with E-state index >= 15 is 0 Å². The second-order valence-electron chi connectivity index (χ2n) is 6.03. The molecule has 0 spiro atoms. The van der Waals surface area contributed by atoms with Crippen molar-refractivity contribution in [2.45, 2.75) is 19.8 Å². The number of benzene rings is 2. The maximum absolute atomic E-state index is 12.2. The van der Waals surface area contributed by atoms with Gasteiger partial charge in [0, 0.05) is 12.1 Å². The molecule has 0 bridgehead atoms. The maximum Gasteiger partial charge on any atom is 0.363 e. The largest absolute Gasteiger partial charge is 0.494 e. The Balaban J connectivity index is 1.84. The number of nitro benzene ring substituents is 1. The standard InChI is InChI=1S/C20H17ClN2O5/c1-2-3-9-27-15-6-4-5-13(10-15)11-18-20(24)28-19(22-18)16-8-7-14(23(25)26)12-17(16)21/h4-8,10-12H,2-3,9H2,1H3/b18-11-. The summed E-state index contributed by atoms with van der Waals surface area (Å²) in [6.45, 7) is 2.71. The molecule has 2 aromatic carbocycles. The summed E-state index contributed by atoms with van der Waals surface area (Å²) >= 11 is 6.08. The molecule has 144 valence electrons. The molecule has 1 aliphatic rings. The van der Waals surface area contributed by atoms with E-state index in [-0.39, 0.29) is 22.3 Å². The predicted molar refractivity (Wildman–Crippen MR) is 106 cm³/mol. The van der Waals surface area contributed by atoms with Crippen molar-refractivity contribution < 1.29 is 19.2 Å². The normalized spacial score (nSPS) is 14.7. The quantitative estimate of drug-likeness (QED) is 0.219. The lowest BCUT2D eigenvalue weighted by Gasteiger charge is -2.05. The molecule has 0 amide bonds. The monoisotopic (exact) mass is 400 g/mol. The molecule has 0 saturated heterocycles. The molecule has 1 heterocycles. The maximum atomic E-state index is 12.2. The van der Waals surface area contributed by atoms with Gasteiger partial charge in [-0.15, -0.1) is 0 Å². The van der Waals surface area contributed by atoms with E-state index in [1.165, 1.54) is 18.2 Å². The van der Waals surface area contributed by atoms with Crippen LogP contribution in [0, 0.1) is 10.1 Å². The summed E-state index contributed by atoms with van der Waals surface area (Å²) in [5.74, 6) is 0.0880. The smallest absolute Gasteiger partial charge is 0.363 e. The van der Waals surface area contributed by atoms with Gasteiger partial charge in [-0.25, -0.2) is 9.79 Å². The van der Waals surface area contributed by atoms with Gasteiger partial charge < -0.3 is 9.47 Å². The number of unbranched alkanes of at least 4 members (excludes halogenated alkanes) is 1. The van der Waals surface area contributed by atoms with Crippen LogP contribution in [0.25, 0.3) is 6.08 Å². The Kier molecular flexibility index (Phi) is 6.06. The molecular formula is C20H17ClN2O5. The van der Waals surface area contributed by atoms with E-state index in [2.05, 4.69) is 11.9 Å². The summed E-state index contributed by atoms with van der Waals surface area (Å²) in [4.78, 5) is 26.6. The van der Waals surface area contributed by atoms with Gasteiger partial charge in [-0.05, 0) is 36.3 Å². The lowest BCUT2D eigenvalue weighted by atomic mass is 10.2. The SMILES string of the molecule is CCCCOc1cccc(/C=C2\N=C(c3ccc([N+](=O)[O-])cc3Cl)OC2=O)c1. The number of halogens is 1. The first-order valence-corrected chi connectivity index (χ1v) is 9.05. The highest BCUT2D eigenvalue weighted by molar-refractivity contribution is 6.34. The van der Waals surface area contributed by atoms with Crippen LogP contribution in [-0.2, 0) is 9.53 Å². The average molecular weight is 401 g/mol. The van der Waals surface area contributed by atoms with Crippen LogP contribution in [0.15, 0.2) is 53.2 Å². The lowest BCUT2D eigenvalue weighted by molar-refractivity contribution is -0.384. The number of esters is 1. The number of nitro groups is 1. The molecule has 0 aromatic heterocycles. The van der Waals surface area contributed by atoms with Crippen molar-refractivity contribution in [2.75, 3.05) is 6.61 Å². The van der Waals surface area contributed by atoms with Crippen molar-refractivity contribution in [3.8, 4) is 5.75 Å². The second-order valence-corrected chi connectivity index (χ2v) is 6.44.